The summed E-state index contributed by atoms with van der Waals surface area (Å²) in [7, 11) is 0. The molecule has 0 aromatic heterocycles. The summed E-state index contributed by atoms with van der Waals surface area (Å²) in [6, 6.07) is 16.4. The van der Waals surface area contributed by atoms with Gasteiger partial charge in [0.1, 0.15) is 5.75 Å². The quantitative estimate of drug-likeness (QED) is 0.482. The average molecular weight is 339 g/mol. The second-order valence-electron chi connectivity index (χ2n) is 5.28. The number of nitrogens with one attached hydrogen (secondary N) is 2. The number of para-hydroxylation sites is 1. The molecule has 0 fully saturated rings. The van der Waals surface area contributed by atoms with Crippen LogP contribution in [0.5, 0.6) is 5.75 Å². The van der Waals surface area contributed by atoms with Crippen molar-refractivity contribution in [1.29, 1.82) is 0 Å². The Morgan fingerprint density at radius 1 is 1.08 bits per heavy atom. The molecule has 0 bridgehead atoms. The van der Waals surface area contributed by atoms with Gasteiger partial charge in [0.2, 0.25) is 0 Å². The fourth-order valence-electron chi connectivity index (χ4n) is 2.17. The van der Waals surface area contributed by atoms with Crippen molar-refractivity contribution in [3.8, 4) is 5.75 Å². The lowest BCUT2D eigenvalue weighted by molar-refractivity contribution is -0.139. The van der Waals surface area contributed by atoms with Gasteiger partial charge in [0.05, 0.1) is 18.9 Å². The molecule has 0 aliphatic heterocycles. The van der Waals surface area contributed by atoms with Crippen molar-refractivity contribution in [2.24, 2.45) is 5.10 Å². The summed E-state index contributed by atoms with van der Waals surface area (Å²) in [5.74, 6) is -0.912. The van der Waals surface area contributed by atoms with Crippen molar-refractivity contribution < 1.29 is 14.3 Å². The highest BCUT2D eigenvalue weighted by Crippen LogP contribution is 2.15. The SMILES string of the molecule is CCOc1ccccc1/C=N\NC(=O)C(=O)N[C@H](C)c1ccccc1. The molecule has 0 aliphatic carbocycles. The van der Waals surface area contributed by atoms with E-state index in [4.69, 9.17) is 4.74 Å². The largest absolute Gasteiger partial charge is 0.493 e. The standard InChI is InChI=1S/C19H21N3O3/c1-3-25-17-12-8-7-11-16(17)13-20-22-19(24)18(23)21-14(2)15-9-5-4-6-10-15/h4-14H,3H2,1-2H3,(H,21,23)(H,22,24)/b20-13-/t14-/m1/s1. The van der Waals surface area contributed by atoms with Crippen LogP contribution in [0, 0.1) is 0 Å². The maximum Gasteiger partial charge on any atom is 0.329 e. The van der Waals surface area contributed by atoms with E-state index in [2.05, 4.69) is 15.8 Å². The van der Waals surface area contributed by atoms with Gasteiger partial charge in [-0.2, -0.15) is 5.10 Å². The van der Waals surface area contributed by atoms with Crippen molar-refractivity contribution in [2.75, 3.05) is 6.61 Å². The topological polar surface area (TPSA) is 79.8 Å². The molecule has 0 heterocycles. The van der Waals surface area contributed by atoms with Gasteiger partial charge < -0.3 is 10.1 Å². The van der Waals surface area contributed by atoms with E-state index in [-0.39, 0.29) is 6.04 Å². The zero-order valence-electron chi connectivity index (χ0n) is 14.2. The monoisotopic (exact) mass is 339 g/mol. The summed E-state index contributed by atoms with van der Waals surface area (Å²) < 4.78 is 5.46. The molecule has 2 aromatic carbocycles. The Bertz CT molecular complexity index is 745. The van der Waals surface area contributed by atoms with E-state index < -0.39 is 11.8 Å². The second kappa shape index (κ2) is 9.22. The second-order valence-corrected chi connectivity index (χ2v) is 5.28. The molecule has 0 radical (unpaired) electrons. The van der Waals surface area contributed by atoms with Gasteiger partial charge in [0.25, 0.3) is 0 Å². The maximum absolute atomic E-state index is 11.9. The number of carbonyl (C=O) groups is 2. The Balaban J connectivity index is 1.90. The summed E-state index contributed by atoms with van der Waals surface area (Å²) >= 11 is 0. The minimum absolute atomic E-state index is 0.276. The van der Waals surface area contributed by atoms with Crippen LogP contribution >= 0.6 is 0 Å². The van der Waals surface area contributed by atoms with Crippen LogP contribution in [-0.4, -0.2) is 24.6 Å². The third kappa shape index (κ3) is 5.46. The van der Waals surface area contributed by atoms with Crippen LogP contribution in [0.1, 0.15) is 31.0 Å². The van der Waals surface area contributed by atoms with E-state index in [0.29, 0.717) is 17.9 Å². The highest BCUT2D eigenvalue weighted by Gasteiger charge is 2.16. The van der Waals surface area contributed by atoms with E-state index in [1.54, 1.807) is 12.1 Å². The van der Waals surface area contributed by atoms with Crippen LogP contribution in [-0.2, 0) is 9.59 Å². The summed E-state index contributed by atoms with van der Waals surface area (Å²) in [4.78, 5) is 23.8. The predicted octanol–water partition coefficient (Wildman–Crippen LogP) is 2.41. The predicted molar refractivity (Wildman–Crippen MR) is 96.3 cm³/mol. The first-order valence-corrected chi connectivity index (χ1v) is 8.02. The Labute approximate surface area is 146 Å². The van der Waals surface area contributed by atoms with Crippen molar-refractivity contribution >= 4 is 18.0 Å². The smallest absolute Gasteiger partial charge is 0.329 e. The van der Waals surface area contributed by atoms with Gasteiger partial charge in [0, 0.05) is 5.56 Å². The van der Waals surface area contributed by atoms with E-state index in [0.717, 1.165) is 5.56 Å². The van der Waals surface area contributed by atoms with Gasteiger partial charge in [-0.3, -0.25) is 9.59 Å². The molecule has 0 saturated heterocycles. The Morgan fingerprint density at radius 3 is 2.48 bits per heavy atom. The molecule has 1 atom stereocenters. The minimum atomic E-state index is -0.826. The summed E-state index contributed by atoms with van der Waals surface area (Å²) in [5.41, 5.74) is 3.85. The molecular formula is C19H21N3O3. The number of carbonyl (C=O) groups excluding carboxylic acids is 2. The highest BCUT2D eigenvalue weighted by atomic mass is 16.5. The van der Waals surface area contributed by atoms with E-state index in [1.807, 2.05) is 56.3 Å². The molecule has 2 amide bonds. The van der Waals surface area contributed by atoms with E-state index in [9.17, 15) is 9.59 Å². The van der Waals surface area contributed by atoms with Gasteiger partial charge in [-0.25, -0.2) is 5.43 Å². The third-order valence-electron chi connectivity index (χ3n) is 3.44. The summed E-state index contributed by atoms with van der Waals surface area (Å²) in [5, 5.41) is 6.45. The molecule has 6 heteroatoms. The first-order valence-electron chi connectivity index (χ1n) is 8.02. The van der Waals surface area contributed by atoms with Crippen LogP contribution < -0.4 is 15.5 Å². The molecular weight excluding hydrogens is 318 g/mol. The maximum atomic E-state index is 11.9. The number of benzene rings is 2. The van der Waals surface area contributed by atoms with Crippen molar-refractivity contribution in [2.45, 2.75) is 19.9 Å². The molecule has 2 N–H and O–H groups in total. The van der Waals surface area contributed by atoms with Crippen molar-refractivity contribution in [3.63, 3.8) is 0 Å². The first kappa shape index (κ1) is 18.2. The van der Waals surface area contributed by atoms with Gasteiger partial charge in [-0.15, -0.1) is 0 Å². The molecule has 2 rings (SSSR count). The molecule has 6 nitrogen and oxygen atoms in total. The van der Waals surface area contributed by atoms with Crippen LogP contribution in [0.2, 0.25) is 0 Å². The van der Waals surface area contributed by atoms with E-state index in [1.165, 1.54) is 6.21 Å². The van der Waals surface area contributed by atoms with Crippen LogP contribution in [0.3, 0.4) is 0 Å². The summed E-state index contributed by atoms with van der Waals surface area (Å²) in [6.45, 7) is 4.22. The van der Waals surface area contributed by atoms with Crippen molar-refractivity contribution in [1.82, 2.24) is 10.7 Å². The van der Waals surface area contributed by atoms with Crippen LogP contribution in [0.25, 0.3) is 0 Å². The number of rotatable bonds is 6. The average Bonchev–Trinajstić information content (AvgIpc) is 2.64. The molecule has 25 heavy (non-hydrogen) atoms. The fraction of sp³-hybridized carbons (Fsp3) is 0.211. The fourth-order valence-corrected chi connectivity index (χ4v) is 2.17. The third-order valence-corrected chi connectivity index (χ3v) is 3.44. The Morgan fingerprint density at radius 2 is 1.76 bits per heavy atom. The number of ether oxygens (including phenoxy) is 1. The van der Waals surface area contributed by atoms with Gasteiger partial charge in [-0.05, 0) is 31.5 Å². The molecule has 0 unspecified atom stereocenters. The van der Waals surface area contributed by atoms with Gasteiger partial charge in [-0.1, -0.05) is 42.5 Å². The van der Waals surface area contributed by atoms with E-state index >= 15 is 0 Å². The zero-order chi connectivity index (χ0) is 18.1. The number of hydrogen-bond acceptors (Lipinski definition) is 4. The normalized spacial score (nSPS) is 11.8. The van der Waals surface area contributed by atoms with Gasteiger partial charge in [0.15, 0.2) is 0 Å². The summed E-state index contributed by atoms with van der Waals surface area (Å²) in [6.07, 6.45) is 1.44. The minimum Gasteiger partial charge on any atom is -0.493 e. The lowest BCUT2D eigenvalue weighted by atomic mass is 10.1. The zero-order valence-corrected chi connectivity index (χ0v) is 14.2. The number of hydrogen-bond donors (Lipinski definition) is 2. The lowest BCUT2D eigenvalue weighted by Crippen LogP contribution is -2.39. The molecule has 0 aliphatic rings. The number of nitrogens with zero attached hydrogens (tertiary/aromatic N) is 1. The first-order chi connectivity index (χ1) is 12.1. The highest BCUT2D eigenvalue weighted by molar-refractivity contribution is 6.35. The number of hydrazone groups is 1. The Kier molecular flexibility index (Phi) is 6.71. The molecule has 130 valence electrons. The van der Waals surface area contributed by atoms with Crippen molar-refractivity contribution in [3.05, 3.63) is 65.7 Å². The van der Waals surface area contributed by atoms with Crippen LogP contribution in [0.4, 0.5) is 0 Å². The lowest BCUT2D eigenvalue weighted by Gasteiger charge is -2.13. The van der Waals surface area contributed by atoms with Crippen LogP contribution in [0.15, 0.2) is 59.7 Å². The Hall–Kier alpha value is -3.15. The molecule has 0 spiro atoms. The number of amides is 2. The van der Waals surface area contributed by atoms with Gasteiger partial charge >= 0.3 is 11.8 Å². The molecule has 2 aromatic rings. The molecule has 0 saturated carbocycles.